The van der Waals surface area contributed by atoms with Crippen molar-refractivity contribution >= 4 is 11.6 Å². The van der Waals surface area contributed by atoms with E-state index in [1.54, 1.807) is 12.4 Å². The average Bonchev–Trinajstić information content (AvgIpc) is 2.47. The first kappa shape index (κ1) is 13.0. The summed E-state index contributed by atoms with van der Waals surface area (Å²) in [6.07, 6.45) is 3.73. The highest BCUT2D eigenvalue weighted by atomic mass is 16.2. The van der Waals surface area contributed by atoms with Crippen LogP contribution in [-0.2, 0) is 11.2 Å². The van der Waals surface area contributed by atoms with Crippen molar-refractivity contribution in [3.8, 4) is 0 Å². The number of aromatic nitrogens is 1. The lowest BCUT2D eigenvalue weighted by Gasteiger charge is -2.02. The average molecular weight is 253 g/mol. The van der Waals surface area contributed by atoms with Gasteiger partial charge in [-0.3, -0.25) is 9.78 Å². The third kappa shape index (κ3) is 4.03. The van der Waals surface area contributed by atoms with Crippen LogP contribution >= 0.6 is 0 Å². The van der Waals surface area contributed by atoms with Gasteiger partial charge in [0.15, 0.2) is 0 Å². The highest BCUT2D eigenvalue weighted by Crippen LogP contribution is 2.00. The van der Waals surface area contributed by atoms with Gasteiger partial charge in [0, 0.05) is 18.0 Å². The van der Waals surface area contributed by atoms with Crippen LogP contribution in [-0.4, -0.2) is 16.6 Å². The topological polar surface area (TPSA) is 54.4 Å². The summed E-state index contributed by atoms with van der Waals surface area (Å²) < 4.78 is 0. The molecule has 1 aromatic carbocycles. The Hall–Kier alpha value is -2.49. The van der Waals surface area contributed by atoms with Crippen molar-refractivity contribution in [3.63, 3.8) is 0 Å². The van der Waals surface area contributed by atoms with E-state index in [0.29, 0.717) is 6.42 Å². The van der Waals surface area contributed by atoms with Gasteiger partial charge in [0.25, 0.3) is 0 Å². The molecule has 96 valence electrons. The predicted molar refractivity (Wildman–Crippen MR) is 74.7 cm³/mol. The van der Waals surface area contributed by atoms with Gasteiger partial charge in [0.1, 0.15) is 0 Å². The smallest absolute Gasteiger partial charge is 0.244 e. The molecule has 4 nitrogen and oxygen atoms in total. The van der Waals surface area contributed by atoms with E-state index in [1.807, 2.05) is 49.4 Å². The minimum atomic E-state index is -0.130. The van der Waals surface area contributed by atoms with Crippen LogP contribution in [0.2, 0.25) is 0 Å². The van der Waals surface area contributed by atoms with Gasteiger partial charge in [0.05, 0.1) is 12.1 Å². The summed E-state index contributed by atoms with van der Waals surface area (Å²) >= 11 is 0. The number of carbonyl (C=O) groups is 1. The van der Waals surface area contributed by atoms with Gasteiger partial charge in [-0.05, 0) is 18.6 Å². The fourth-order valence-corrected chi connectivity index (χ4v) is 1.61. The molecular weight excluding hydrogens is 238 g/mol. The predicted octanol–water partition coefficient (Wildman–Crippen LogP) is 2.16. The molecule has 0 spiro atoms. The van der Waals surface area contributed by atoms with Gasteiger partial charge in [0.2, 0.25) is 5.91 Å². The third-order valence-corrected chi connectivity index (χ3v) is 2.64. The quantitative estimate of drug-likeness (QED) is 0.670. The molecule has 0 unspecified atom stereocenters. The van der Waals surface area contributed by atoms with E-state index in [2.05, 4.69) is 15.5 Å². The van der Waals surface area contributed by atoms with E-state index < -0.39 is 0 Å². The molecule has 0 bridgehead atoms. The molecule has 0 saturated heterocycles. The molecule has 2 aromatic rings. The van der Waals surface area contributed by atoms with Gasteiger partial charge < -0.3 is 0 Å². The number of benzene rings is 1. The van der Waals surface area contributed by atoms with Crippen molar-refractivity contribution in [2.75, 3.05) is 0 Å². The van der Waals surface area contributed by atoms with Crippen LogP contribution in [0.25, 0.3) is 0 Å². The second-order valence-corrected chi connectivity index (χ2v) is 4.14. The molecule has 0 aliphatic carbocycles. The van der Waals surface area contributed by atoms with E-state index >= 15 is 0 Å². The standard InChI is InChI=1S/C15H15N3O/c1-12(14-8-5-9-16-11-14)17-18-15(19)10-13-6-3-2-4-7-13/h2-9,11H,10H2,1H3,(H,18,19). The molecular formula is C15H15N3O. The second kappa shape index (κ2) is 6.44. The number of pyridine rings is 1. The molecule has 0 saturated carbocycles. The van der Waals surface area contributed by atoms with Gasteiger partial charge in [-0.2, -0.15) is 5.10 Å². The number of nitrogens with zero attached hydrogens (tertiary/aromatic N) is 2. The van der Waals surface area contributed by atoms with Gasteiger partial charge in [-0.25, -0.2) is 5.43 Å². The first-order valence-electron chi connectivity index (χ1n) is 6.03. The Kier molecular flexibility index (Phi) is 4.39. The Morgan fingerprint density at radius 2 is 2.00 bits per heavy atom. The van der Waals surface area contributed by atoms with Crippen molar-refractivity contribution in [2.24, 2.45) is 5.10 Å². The van der Waals surface area contributed by atoms with Gasteiger partial charge in [-0.1, -0.05) is 36.4 Å². The molecule has 1 amide bonds. The molecule has 0 aliphatic heterocycles. The van der Waals surface area contributed by atoms with Crippen LogP contribution in [0.3, 0.4) is 0 Å². The maximum absolute atomic E-state index is 11.7. The summed E-state index contributed by atoms with van der Waals surface area (Å²) in [6, 6.07) is 13.3. The molecule has 1 heterocycles. The number of carbonyl (C=O) groups excluding carboxylic acids is 1. The molecule has 19 heavy (non-hydrogen) atoms. The monoisotopic (exact) mass is 253 g/mol. The Labute approximate surface area is 112 Å². The molecule has 0 aliphatic rings. The Bertz CT molecular complexity index is 564. The van der Waals surface area contributed by atoms with Crippen LogP contribution in [0.5, 0.6) is 0 Å². The molecule has 0 atom stereocenters. The summed E-state index contributed by atoms with van der Waals surface area (Å²) in [4.78, 5) is 15.7. The fourth-order valence-electron chi connectivity index (χ4n) is 1.61. The molecule has 1 N–H and O–H groups in total. The first-order chi connectivity index (χ1) is 9.25. The Balaban J connectivity index is 1.93. The lowest BCUT2D eigenvalue weighted by Crippen LogP contribution is -2.21. The zero-order valence-electron chi connectivity index (χ0n) is 10.7. The van der Waals surface area contributed by atoms with E-state index in [1.165, 1.54) is 0 Å². The molecule has 0 fully saturated rings. The number of rotatable bonds is 4. The Morgan fingerprint density at radius 1 is 1.21 bits per heavy atom. The number of hydrogen-bond donors (Lipinski definition) is 1. The van der Waals surface area contributed by atoms with Crippen molar-refractivity contribution in [1.82, 2.24) is 10.4 Å². The summed E-state index contributed by atoms with van der Waals surface area (Å²) in [5.41, 5.74) is 5.14. The minimum Gasteiger partial charge on any atom is -0.273 e. The zero-order valence-corrected chi connectivity index (χ0v) is 10.7. The lowest BCUT2D eigenvalue weighted by molar-refractivity contribution is -0.120. The summed E-state index contributed by atoms with van der Waals surface area (Å²) in [6.45, 7) is 1.83. The Morgan fingerprint density at radius 3 is 2.68 bits per heavy atom. The highest BCUT2D eigenvalue weighted by molar-refractivity contribution is 5.98. The first-order valence-corrected chi connectivity index (χ1v) is 6.03. The summed E-state index contributed by atoms with van der Waals surface area (Å²) in [5.74, 6) is -0.130. The zero-order chi connectivity index (χ0) is 13.5. The highest BCUT2D eigenvalue weighted by Gasteiger charge is 2.02. The van der Waals surface area contributed by atoms with Crippen LogP contribution in [0.1, 0.15) is 18.1 Å². The summed E-state index contributed by atoms with van der Waals surface area (Å²) in [5, 5.41) is 4.07. The normalized spacial score (nSPS) is 11.1. The number of nitrogens with one attached hydrogen (secondary N) is 1. The maximum Gasteiger partial charge on any atom is 0.244 e. The van der Waals surface area contributed by atoms with E-state index in [0.717, 1.165) is 16.8 Å². The summed E-state index contributed by atoms with van der Waals surface area (Å²) in [7, 11) is 0. The molecule has 4 heteroatoms. The van der Waals surface area contributed by atoms with Crippen molar-refractivity contribution in [3.05, 3.63) is 66.0 Å². The van der Waals surface area contributed by atoms with E-state index in [4.69, 9.17) is 0 Å². The minimum absolute atomic E-state index is 0.130. The lowest BCUT2D eigenvalue weighted by atomic mass is 10.1. The molecule has 1 aromatic heterocycles. The largest absolute Gasteiger partial charge is 0.273 e. The number of hydrazone groups is 1. The van der Waals surface area contributed by atoms with Crippen LogP contribution in [0.4, 0.5) is 0 Å². The number of amides is 1. The van der Waals surface area contributed by atoms with Gasteiger partial charge in [-0.15, -0.1) is 0 Å². The maximum atomic E-state index is 11.7. The molecule has 2 rings (SSSR count). The third-order valence-electron chi connectivity index (χ3n) is 2.64. The SMILES string of the molecule is CC(=NNC(=O)Cc1ccccc1)c1cccnc1. The fraction of sp³-hybridized carbons (Fsp3) is 0.133. The van der Waals surface area contributed by atoms with E-state index in [-0.39, 0.29) is 5.91 Å². The van der Waals surface area contributed by atoms with Crippen LogP contribution < -0.4 is 5.43 Å². The van der Waals surface area contributed by atoms with Gasteiger partial charge >= 0.3 is 0 Å². The number of hydrogen-bond acceptors (Lipinski definition) is 3. The van der Waals surface area contributed by atoms with Crippen LogP contribution in [0, 0.1) is 0 Å². The molecule has 0 radical (unpaired) electrons. The van der Waals surface area contributed by atoms with Crippen molar-refractivity contribution in [2.45, 2.75) is 13.3 Å². The van der Waals surface area contributed by atoms with E-state index in [9.17, 15) is 4.79 Å². The van der Waals surface area contributed by atoms with Crippen molar-refractivity contribution in [1.29, 1.82) is 0 Å². The second-order valence-electron chi connectivity index (χ2n) is 4.14. The van der Waals surface area contributed by atoms with Crippen molar-refractivity contribution < 1.29 is 4.79 Å². The van der Waals surface area contributed by atoms with Crippen LogP contribution in [0.15, 0.2) is 60.0 Å².